The van der Waals surface area contributed by atoms with Gasteiger partial charge in [0.25, 0.3) is 10.0 Å². The van der Waals surface area contributed by atoms with Gasteiger partial charge in [0.1, 0.15) is 4.21 Å². The Morgan fingerprint density at radius 1 is 1.33 bits per heavy atom. The molecule has 1 atom stereocenters. The molecule has 0 aromatic carbocycles. The molecule has 4 nitrogen and oxygen atoms in total. The maximum atomic E-state index is 12.8. The van der Waals surface area contributed by atoms with E-state index in [4.69, 9.17) is 0 Å². The maximum Gasteiger partial charge on any atom is 0.252 e. The maximum absolute atomic E-state index is 12.8. The topological polar surface area (TPSA) is 49.4 Å². The Morgan fingerprint density at radius 3 is 2.86 bits per heavy atom. The van der Waals surface area contributed by atoms with Crippen LogP contribution in [0.1, 0.15) is 51.0 Å². The summed E-state index contributed by atoms with van der Waals surface area (Å²) >= 11 is 1.37. The van der Waals surface area contributed by atoms with Crippen LogP contribution in [0.25, 0.3) is 0 Å². The second kappa shape index (κ2) is 6.36. The second-order valence-electron chi connectivity index (χ2n) is 6.10. The zero-order valence-corrected chi connectivity index (χ0v) is 14.2. The van der Waals surface area contributed by atoms with Gasteiger partial charge in [-0.15, -0.1) is 11.3 Å². The SMILES string of the molecule is CCC1CCCCN1S(=O)(=O)c1cc(CNC2CC2)cs1. The van der Waals surface area contributed by atoms with Gasteiger partial charge in [0.2, 0.25) is 0 Å². The smallest absolute Gasteiger partial charge is 0.252 e. The third kappa shape index (κ3) is 3.50. The molecular weight excluding hydrogens is 304 g/mol. The summed E-state index contributed by atoms with van der Waals surface area (Å²) in [4.78, 5) is 0. The summed E-state index contributed by atoms with van der Waals surface area (Å²) in [6.45, 7) is 3.54. The number of hydrogen-bond donors (Lipinski definition) is 1. The molecule has 1 saturated heterocycles. The van der Waals surface area contributed by atoms with Gasteiger partial charge in [-0.05, 0) is 49.1 Å². The fraction of sp³-hybridized carbons (Fsp3) is 0.733. The molecule has 1 aliphatic heterocycles. The lowest BCUT2D eigenvalue weighted by Gasteiger charge is -2.33. The van der Waals surface area contributed by atoms with Gasteiger partial charge < -0.3 is 5.32 Å². The van der Waals surface area contributed by atoms with Gasteiger partial charge in [0.15, 0.2) is 0 Å². The summed E-state index contributed by atoms with van der Waals surface area (Å²) in [7, 11) is -3.30. The van der Waals surface area contributed by atoms with E-state index >= 15 is 0 Å². The first-order valence-corrected chi connectivity index (χ1v) is 10.3. The highest BCUT2D eigenvalue weighted by Crippen LogP contribution is 2.30. The average Bonchev–Trinajstić information content (AvgIpc) is 3.20. The fourth-order valence-electron chi connectivity index (χ4n) is 2.94. The molecule has 118 valence electrons. The van der Waals surface area contributed by atoms with Crippen LogP contribution in [0.3, 0.4) is 0 Å². The predicted molar refractivity (Wildman–Crippen MR) is 86.0 cm³/mol. The zero-order valence-electron chi connectivity index (χ0n) is 12.5. The van der Waals surface area contributed by atoms with Gasteiger partial charge in [-0.2, -0.15) is 4.31 Å². The standard InChI is InChI=1S/C15H24N2O2S2/c1-2-14-5-3-4-8-17(14)21(18,19)15-9-12(11-20-15)10-16-13-6-7-13/h9,11,13-14,16H,2-8,10H2,1H3. The number of thiophene rings is 1. The van der Waals surface area contributed by atoms with Crippen molar-refractivity contribution in [1.29, 1.82) is 0 Å². The van der Waals surface area contributed by atoms with E-state index in [-0.39, 0.29) is 6.04 Å². The van der Waals surface area contributed by atoms with E-state index in [9.17, 15) is 8.42 Å². The van der Waals surface area contributed by atoms with Crippen LogP contribution < -0.4 is 5.32 Å². The molecule has 2 fully saturated rings. The van der Waals surface area contributed by atoms with Crippen LogP contribution in [0.4, 0.5) is 0 Å². The Hall–Kier alpha value is -0.430. The molecule has 1 N–H and O–H groups in total. The number of rotatable bonds is 6. The van der Waals surface area contributed by atoms with Crippen molar-refractivity contribution in [1.82, 2.24) is 9.62 Å². The van der Waals surface area contributed by atoms with Crippen LogP contribution >= 0.6 is 11.3 Å². The lowest BCUT2D eigenvalue weighted by Crippen LogP contribution is -2.42. The lowest BCUT2D eigenvalue weighted by molar-refractivity contribution is 0.247. The number of piperidine rings is 1. The molecule has 6 heteroatoms. The van der Waals surface area contributed by atoms with Gasteiger partial charge in [-0.3, -0.25) is 0 Å². The van der Waals surface area contributed by atoms with E-state index in [0.29, 0.717) is 16.8 Å². The molecule has 0 amide bonds. The molecule has 21 heavy (non-hydrogen) atoms. The molecule has 0 spiro atoms. The number of hydrogen-bond acceptors (Lipinski definition) is 4. The Labute approximate surface area is 131 Å². The van der Waals surface area contributed by atoms with Crippen LogP contribution in [-0.2, 0) is 16.6 Å². The third-order valence-electron chi connectivity index (χ3n) is 4.41. The van der Waals surface area contributed by atoms with Crippen LogP contribution in [0, 0.1) is 0 Å². The summed E-state index contributed by atoms with van der Waals surface area (Å²) in [6.07, 6.45) is 6.53. The molecule has 2 aliphatic rings. The first-order valence-electron chi connectivity index (χ1n) is 7.94. The Balaban J connectivity index is 1.73. The van der Waals surface area contributed by atoms with Gasteiger partial charge >= 0.3 is 0 Å². The van der Waals surface area contributed by atoms with E-state index in [2.05, 4.69) is 12.2 Å². The highest BCUT2D eigenvalue weighted by molar-refractivity contribution is 7.91. The van der Waals surface area contributed by atoms with E-state index in [1.807, 2.05) is 11.4 Å². The third-order valence-corrected chi connectivity index (χ3v) is 7.83. The molecule has 1 aromatic rings. The van der Waals surface area contributed by atoms with Crippen LogP contribution in [0.15, 0.2) is 15.7 Å². The fourth-order valence-corrected chi connectivity index (χ4v) is 6.05. The molecule has 0 bridgehead atoms. The van der Waals surface area contributed by atoms with Crippen molar-refractivity contribution in [3.63, 3.8) is 0 Å². The summed E-state index contributed by atoms with van der Waals surface area (Å²) in [5.41, 5.74) is 1.09. The van der Waals surface area contributed by atoms with Gasteiger partial charge in [0.05, 0.1) is 0 Å². The highest BCUT2D eigenvalue weighted by atomic mass is 32.2. The summed E-state index contributed by atoms with van der Waals surface area (Å²) in [5.74, 6) is 0. The minimum Gasteiger partial charge on any atom is -0.310 e. The van der Waals surface area contributed by atoms with Gasteiger partial charge in [-0.25, -0.2) is 8.42 Å². The molecule has 2 heterocycles. The van der Waals surface area contributed by atoms with Crippen molar-refractivity contribution in [2.24, 2.45) is 0 Å². The summed E-state index contributed by atoms with van der Waals surface area (Å²) in [6, 6.07) is 2.69. The summed E-state index contributed by atoms with van der Waals surface area (Å²) < 4.78 is 27.9. The molecule has 0 radical (unpaired) electrons. The molecular formula is C15H24N2O2S2. The molecule has 1 aromatic heterocycles. The van der Waals surface area contributed by atoms with Gasteiger partial charge in [0, 0.05) is 25.2 Å². The number of nitrogens with zero attached hydrogens (tertiary/aromatic N) is 1. The first-order chi connectivity index (χ1) is 10.1. The Kier molecular flexibility index (Phi) is 4.69. The van der Waals surface area contributed by atoms with Crippen LogP contribution in [0.5, 0.6) is 0 Å². The van der Waals surface area contributed by atoms with Crippen molar-refractivity contribution >= 4 is 21.4 Å². The average molecular weight is 329 g/mol. The van der Waals surface area contributed by atoms with Gasteiger partial charge in [-0.1, -0.05) is 13.3 Å². The van der Waals surface area contributed by atoms with Crippen LogP contribution in [-0.4, -0.2) is 31.4 Å². The summed E-state index contributed by atoms with van der Waals surface area (Å²) in [5, 5.41) is 5.41. The Morgan fingerprint density at radius 2 is 2.14 bits per heavy atom. The lowest BCUT2D eigenvalue weighted by atomic mass is 10.0. The number of nitrogens with one attached hydrogen (secondary N) is 1. The monoisotopic (exact) mass is 328 g/mol. The minimum absolute atomic E-state index is 0.180. The quantitative estimate of drug-likeness (QED) is 0.873. The van der Waals surface area contributed by atoms with Crippen molar-refractivity contribution in [2.45, 2.75) is 68.3 Å². The first kappa shape index (κ1) is 15.5. The molecule has 1 unspecified atom stereocenters. The number of sulfonamides is 1. The normalized spacial score (nSPS) is 24.3. The van der Waals surface area contributed by atoms with Crippen LogP contribution in [0.2, 0.25) is 0 Å². The molecule has 3 rings (SSSR count). The van der Waals surface area contributed by atoms with Crippen molar-refractivity contribution in [2.75, 3.05) is 6.54 Å². The predicted octanol–water partition coefficient (Wildman–Crippen LogP) is 2.95. The van der Waals surface area contributed by atoms with Crippen molar-refractivity contribution in [3.05, 3.63) is 17.0 Å². The largest absolute Gasteiger partial charge is 0.310 e. The minimum atomic E-state index is -3.30. The molecule has 1 aliphatic carbocycles. The molecule has 1 saturated carbocycles. The van der Waals surface area contributed by atoms with Crippen molar-refractivity contribution in [3.8, 4) is 0 Å². The second-order valence-corrected chi connectivity index (χ2v) is 9.13. The highest BCUT2D eigenvalue weighted by Gasteiger charge is 2.33. The van der Waals surface area contributed by atoms with E-state index in [1.165, 1.54) is 24.2 Å². The van der Waals surface area contributed by atoms with E-state index < -0.39 is 10.0 Å². The van der Waals surface area contributed by atoms with E-state index in [0.717, 1.165) is 37.8 Å². The zero-order chi connectivity index (χ0) is 14.9. The van der Waals surface area contributed by atoms with E-state index in [1.54, 1.807) is 4.31 Å². The van der Waals surface area contributed by atoms with Crippen molar-refractivity contribution < 1.29 is 8.42 Å². The Bertz CT molecular complexity index is 578.